The first-order chi connectivity index (χ1) is 11.7. The van der Waals surface area contributed by atoms with Gasteiger partial charge in [-0.05, 0) is 23.8 Å². The molecule has 1 saturated heterocycles. The number of nitriles is 1. The number of anilines is 1. The van der Waals surface area contributed by atoms with Gasteiger partial charge in [0.2, 0.25) is 11.8 Å². The molecule has 5 nitrogen and oxygen atoms in total. The van der Waals surface area contributed by atoms with Crippen molar-refractivity contribution in [3.63, 3.8) is 0 Å². The molecule has 1 heterocycles. The molecule has 5 heteroatoms. The third-order valence-electron chi connectivity index (χ3n) is 4.06. The number of rotatable bonds is 4. The molecule has 0 aliphatic carbocycles. The summed E-state index contributed by atoms with van der Waals surface area (Å²) in [5, 5.41) is 11.7. The molecular formula is C19H17N3O2. The van der Waals surface area contributed by atoms with Crippen LogP contribution >= 0.6 is 0 Å². The average Bonchev–Trinajstić information content (AvgIpc) is 2.97. The molecule has 0 unspecified atom stereocenters. The average molecular weight is 319 g/mol. The van der Waals surface area contributed by atoms with Gasteiger partial charge in [0.05, 0.1) is 17.6 Å². The molecule has 3 rings (SSSR count). The maximum atomic E-state index is 12.4. The molecule has 1 aliphatic heterocycles. The Bertz CT molecular complexity index is 796. The van der Waals surface area contributed by atoms with Crippen molar-refractivity contribution < 1.29 is 9.59 Å². The quantitative estimate of drug-likeness (QED) is 0.941. The predicted octanol–water partition coefficient (Wildman–Crippen LogP) is 2.55. The van der Waals surface area contributed by atoms with Crippen molar-refractivity contribution in [3.05, 3.63) is 65.7 Å². The number of nitrogens with one attached hydrogen (secondary N) is 1. The molecule has 0 saturated carbocycles. The zero-order chi connectivity index (χ0) is 16.9. The third kappa shape index (κ3) is 3.61. The minimum atomic E-state index is -0.369. The number of carbonyl (C=O) groups excluding carboxylic acids is 2. The van der Waals surface area contributed by atoms with Gasteiger partial charge in [0, 0.05) is 25.2 Å². The van der Waals surface area contributed by atoms with E-state index in [1.807, 2.05) is 36.4 Å². The van der Waals surface area contributed by atoms with Crippen LogP contribution in [0.2, 0.25) is 0 Å². The summed E-state index contributed by atoms with van der Waals surface area (Å²) in [5.74, 6) is -0.564. The Kier molecular flexibility index (Phi) is 4.57. The van der Waals surface area contributed by atoms with Crippen LogP contribution < -0.4 is 5.32 Å². The molecule has 0 radical (unpaired) electrons. The second kappa shape index (κ2) is 6.97. The van der Waals surface area contributed by atoms with E-state index in [2.05, 4.69) is 5.32 Å². The highest BCUT2D eigenvalue weighted by Gasteiger charge is 2.34. The van der Waals surface area contributed by atoms with E-state index in [4.69, 9.17) is 5.26 Å². The molecule has 24 heavy (non-hydrogen) atoms. The largest absolute Gasteiger partial charge is 0.338 e. The summed E-state index contributed by atoms with van der Waals surface area (Å²) >= 11 is 0. The van der Waals surface area contributed by atoms with E-state index in [9.17, 15) is 9.59 Å². The van der Waals surface area contributed by atoms with Gasteiger partial charge in [0.15, 0.2) is 0 Å². The number of hydrogen-bond donors (Lipinski definition) is 1. The van der Waals surface area contributed by atoms with E-state index in [0.717, 1.165) is 5.56 Å². The first-order valence-corrected chi connectivity index (χ1v) is 7.78. The summed E-state index contributed by atoms with van der Waals surface area (Å²) in [6, 6.07) is 18.5. The summed E-state index contributed by atoms with van der Waals surface area (Å²) in [4.78, 5) is 26.2. The smallest absolute Gasteiger partial charge is 0.229 e. The molecule has 0 aromatic heterocycles. The second-order valence-corrected chi connectivity index (χ2v) is 5.84. The lowest BCUT2D eigenvalue weighted by Gasteiger charge is -2.16. The Morgan fingerprint density at radius 2 is 2.00 bits per heavy atom. The standard InChI is InChI=1S/C19H17N3O2/c20-11-15-7-4-8-17(9-15)21-19(24)16-10-18(23)22(13-16)12-14-5-2-1-3-6-14/h1-9,16H,10,12-13H2,(H,21,24)/t16-/m0/s1. The summed E-state index contributed by atoms with van der Waals surface area (Å²) in [7, 11) is 0. The highest BCUT2D eigenvalue weighted by Crippen LogP contribution is 2.22. The number of amides is 2. The van der Waals surface area contributed by atoms with Crippen LogP contribution in [0.15, 0.2) is 54.6 Å². The van der Waals surface area contributed by atoms with Gasteiger partial charge in [-0.1, -0.05) is 36.4 Å². The predicted molar refractivity (Wildman–Crippen MR) is 89.8 cm³/mol. The maximum absolute atomic E-state index is 12.4. The monoisotopic (exact) mass is 319 g/mol. The highest BCUT2D eigenvalue weighted by molar-refractivity contribution is 5.97. The molecule has 2 amide bonds. The van der Waals surface area contributed by atoms with Crippen molar-refractivity contribution in [2.45, 2.75) is 13.0 Å². The molecule has 2 aromatic carbocycles. The van der Waals surface area contributed by atoms with Crippen LogP contribution in [-0.2, 0) is 16.1 Å². The van der Waals surface area contributed by atoms with Crippen molar-refractivity contribution in [2.24, 2.45) is 5.92 Å². The topological polar surface area (TPSA) is 73.2 Å². The maximum Gasteiger partial charge on any atom is 0.229 e. The van der Waals surface area contributed by atoms with E-state index in [0.29, 0.717) is 24.3 Å². The Hall–Kier alpha value is -3.13. The Balaban J connectivity index is 1.62. The Labute approximate surface area is 140 Å². The van der Waals surface area contributed by atoms with Crippen LogP contribution in [-0.4, -0.2) is 23.3 Å². The molecular weight excluding hydrogens is 302 g/mol. The molecule has 1 fully saturated rings. The van der Waals surface area contributed by atoms with Crippen LogP contribution in [0.1, 0.15) is 17.5 Å². The second-order valence-electron chi connectivity index (χ2n) is 5.84. The third-order valence-corrected chi connectivity index (χ3v) is 4.06. The lowest BCUT2D eigenvalue weighted by atomic mass is 10.1. The van der Waals surface area contributed by atoms with E-state index >= 15 is 0 Å². The van der Waals surface area contributed by atoms with Crippen LogP contribution in [0.25, 0.3) is 0 Å². The Morgan fingerprint density at radius 3 is 2.75 bits per heavy atom. The summed E-state index contributed by atoms with van der Waals surface area (Å²) < 4.78 is 0. The Morgan fingerprint density at radius 1 is 1.21 bits per heavy atom. The van der Waals surface area contributed by atoms with Gasteiger partial charge < -0.3 is 10.2 Å². The lowest BCUT2D eigenvalue weighted by Crippen LogP contribution is -2.28. The fourth-order valence-corrected chi connectivity index (χ4v) is 2.82. The fourth-order valence-electron chi connectivity index (χ4n) is 2.82. The van der Waals surface area contributed by atoms with Crippen molar-refractivity contribution in [1.82, 2.24) is 4.90 Å². The van der Waals surface area contributed by atoms with Crippen molar-refractivity contribution >= 4 is 17.5 Å². The lowest BCUT2D eigenvalue weighted by molar-refractivity contribution is -0.128. The molecule has 0 spiro atoms. The summed E-state index contributed by atoms with van der Waals surface area (Å²) in [5.41, 5.74) is 2.11. The van der Waals surface area contributed by atoms with Gasteiger partial charge in [-0.2, -0.15) is 5.26 Å². The molecule has 1 N–H and O–H groups in total. The van der Waals surface area contributed by atoms with Gasteiger partial charge in [-0.3, -0.25) is 9.59 Å². The normalized spacial score (nSPS) is 16.7. The van der Waals surface area contributed by atoms with Gasteiger partial charge in [-0.25, -0.2) is 0 Å². The van der Waals surface area contributed by atoms with Crippen LogP contribution in [0, 0.1) is 17.2 Å². The molecule has 120 valence electrons. The van der Waals surface area contributed by atoms with Crippen LogP contribution in [0.3, 0.4) is 0 Å². The molecule has 0 bridgehead atoms. The van der Waals surface area contributed by atoms with E-state index < -0.39 is 0 Å². The number of carbonyl (C=O) groups is 2. The summed E-state index contributed by atoms with van der Waals surface area (Å²) in [6.45, 7) is 0.935. The van der Waals surface area contributed by atoms with Crippen molar-refractivity contribution in [3.8, 4) is 6.07 Å². The van der Waals surface area contributed by atoms with E-state index in [1.54, 1.807) is 29.2 Å². The SMILES string of the molecule is N#Cc1cccc(NC(=O)[C@H]2CC(=O)N(Cc3ccccc3)C2)c1. The summed E-state index contributed by atoms with van der Waals surface area (Å²) in [6.07, 6.45) is 0.219. The van der Waals surface area contributed by atoms with E-state index in [1.165, 1.54) is 0 Å². The molecule has 2 aromatic rings. The zero-order valence-electron chi connectivity index (χ0n) is 13.1. The van der Waals surface area contributed by atoms with Gasteiger partial charge >= 0.3 is 0 Å². The number of hydrogen-bond acceptors (Lipinski definition) is 3. The van der Waals surface area contributed by atoms with Crippen molar-refractivity contribution in [2.75, 3.05) is 11.9 Å². The van der Waals surface area contributed by atoms with Crippen molar-refractivity contribution in [1.29, 1.82) is 5.26 Å². The zero-order valence-corrected chi connectivity index (χ0v) is 13.1. The fraction of sp³-hybridized carbons (Fsp3) is 0.211. The molecule has 1 atom stereocenters. The minimum absolute atomic E-state index is 0.00946. The number of nitrogens with zero attached hydrogens (tertiary/aromatic N) is 2. The van der Waals surface area contributed by atoms with Gasteiger partial charge in [0.1, 0.15) is 0 Å². The van der Waals surface area contributed by atoms with Gasteiger partial charge in [-0.15, -0.1) is 0 Å². The van der Waals surface area contributed by atoms with Crippen LogP contribution in [0.4, 0.5) is 5.69 Å². The highest BCUT2D eigenvalue weighted by atomic mass is 16.2. The van der Waals surface area contributed by atoms with Crippen LogP contribution in [0.5, 0.6) is 0 Å². The minimum Gasteiger partial charge on any atom is -0.338 e. The van der Waals surface area contributed by atoms with Gasteiger partial charge in [0.25, 0.3) is 0 Å². The first kappa shape index (κ1) is 15.8. The first-order valence-electron chi connectivity index (χ1n) is 7.78. The molecule has 1 aliphatic rings. The van der Waals surface area contributed by atoms with E-state index in [-0.39, 0.29) is 24.2 Å². The number of benzene rings is 2. The number of likely N-dealkylation sites (tertiary alicyclic amines) is 1.